The van der Waals surface area contributed by atoms with E-state index in [1.54, 1.807) is 0 Å². The van der Waals surface area contributed by atoms with Crippen molar-refractivity contribution in [2.24, 2.45) is 5.92 Å². The Hall–Kier alpha value is -1.64. The van der Waals surface area contributed by atoms with Crippen LogP contribution in [0.1, 0.15) is 21.5 Å². The highest BCUT2D eigenvalue weighted by molar-refractivity contribution is 6.02. The number of halogens is 1. The lowest BCUT2D eigenvalue weighted by Gasteiger charge is -2.09. The van der Waals surface area contributed by atoms with Gasteiger partial charge in [0.25, 0.3) is 0 Å². The molecule has 0 saturated carbocycles. The highest BCUT2D eigenvalue weighted by Crippen LogP contribution is 2.25. The largest absolute Gasteiger partial charge is 0.312 e. The van der Waals surface area contributed by atoms with E-state index < -0.39 is 0 Å². The molecule has 2 aromatic carbocycles. The first-order valence-electron chi connectivity index (χ1n) is 6.71. The molecule has 20 heavy (non-hydrogen) atoms. The summed E-state index contributed by atoms with van der Waals surface area (Å²) in [6.07, 6.45) is 0.872. The maximum Gasteiger partial charge on any atom is 0.167 e. The summed E-state index contributed by atoms with van der Waals surface area (Å²) >= 11 is 0. The monoisotopic (exact) mass is 287 g/mol. The third-order valence-electron chi connectivity index (χ3n) is 3.68. The van der Waals surface area contributed by atoms with Crippen molar-refractivity contribution in [1.82, 2.24) is 5.32 Å². The lowest BCUT2D eigenvalue weighted by atomic mass is 10.1. The zero-order valence-electron chi connectivity index (χ0n) is 11.2. The second-order valence-corrected chi connectivity index (χ2v) is 5.04. The lowest BCUT2D eigenvalue weighted by Crippen LogP contribution is -2.26. The molecule has 0 aromatic heterocycles. The van der Waals surface area contributed by atoms with E-state index in [4.69, 9.17) is 0 Å². The van der Waals surface area contributed by atoms with Gasteiger partial charge in [0.1, 0.15) is 0 Å². The summed E-state index contributed by atoms with van der Waals surface area (Å²) in [5, 5.41) is 3.39. The molecule has 1 unspecified atom stereocenters. The van der Waals surface area contributed by atoms with Crippen LogP contribution in [-0.4, -0.2) is 12.3 Å². The average molecular weight is 288 g/mol. The fourth-order valence-corrected chi connectivity index (χ4v) is 2.67. The van der Waals surface area contributed by atoms with Gasteiger partial charge in [0.05, 0.1) is 0 Å². The Morgan fingerprint density at radius 1 is 1.00 bits per heavy atom. The minimum Gasteiger partial charge on any atom is -0.312 e. The van der Waals surface area contributed by atoms with Gasteiger partial charge in [-0.2, -0.15) is 0 Å². The lowest BCUT2D eigenvalue weighted by molar-refractivity contribution is 0.0935. The second kappa shape index (κ2) is 6.69. The van der Waals surface area contributed by atoms with Gasteiger partial charge in [0, 0.05) is 24.6 Å². The molecule has 104 valence electrons. The topological polar surface area (TPSA) is 29.1 Å². The molecule has 0 aliphatic heterocycles. The minimum absolute atomic E-state index is 0. The molecule has 2 aromatic rings. The van der Waals surface area contributed by atoms with Crippen LogP contribution in [-0.2, 0) is 13.0 Å². The van der Waals surface area contributed by atoms with Crippen LogP contribution in [0.4, 0.5) is 0 Å². The number of carbonyl (C=O) groups is 1. The number of ketones is 1. The summed E-state index contributed by atoms with van der Waals surface area (Å²) in [5.74, 6) is 0.386. The van der Waals surface area contributed by atoms with E-state index in [2.05, 4.69) is 23.5 Å². The van der Waals surface area contributed by atoms with Gasteiger partial charge in [-0.05, 0) is 17.5 Å². The van der Waals surface area contributed by atoms with E-state index in [0.29, 0.717) is 0 Å². The van der Waals surface area contributed by atoms with Crippen molar-refractivity contribution in [1.29, 1.82) is 0 Å². The second-order valence-electron chi connectivity index (χ2n) is 5.04. The SMILES string of the molecule is Cl.O=C1c2ccccc2CC1CNCc1ccccc1. The number of nitrogens with one attached hydrogen (secondary N) is 1. The highest BCUT2D eigenvalue weighted by Gasteiger charge is 2.29. The molecular weight excluding hydrogens is 270 g/mol. The van der Waals surface area contributed by atoms with Crippen LogP contribution < -0.4 is 5.32 Å². The molecule has 0 saturated heterocycles. The molecule has 1 aliphatic rings. The van der Waals surface area contributed by atoms with Gasteiger partial charge in [0.2, 0.25) is 0 Å². The van der Waals surface area contributed by atoms with Crippen molar-refractivity contribution in [3.63, 3.8) is 0 Å². The van der Waals surface area contributed by atoms with Crippen LogP contribution in [0.25, 0.3) is 0 Å². The summed E-state index contributed by atoms with van der Waals surface area (Å²) in [4.78, 5) is 12.2. The Kier molecular flexibility index (Phi) is 4.94. The smallest absolute Gasteiger partial charge is 0.167 e. The number of fused-ring (bicyclic) bond motifs is 1. The van der Waals surface area contributed by atoms with E-state index in [1.165, 1.54) is 11.1 Å². The number of hydrogen-bond acceptors (Lipinski definition) is 2. The maximum absolute atomic E-state index is 12.2. The number of benzene rings is 2. The maximum atomic E-state index is 12.2. The average Bonchev–Trinajstić information content (AvgIpc) is 2.78. The Labute approximate surface area is 125 Å². The normalized spacial score (nSPS) is 16.6. The van der Waals surface area contributed by atoms with Crippen molar-refractivity contribution in [3.8, 4) is 0 Å². The van der Waals surface area contributed by atoms with Crippen LogP contribution >= 0.6 is 12.4 Å². The first kappa shape index (κ1) is 14.8. The van der Waals surface area contributed by atoms with Gasteiger partial charge in [-0.15, -0.1) is 12.4 Å². The number of carbonyl (C=O) groups excluding carboxylic acids is 1. The van der Waals surface area contributed by atoms with Gasteiger partial charge in [0.15, 0.2) is 5.78 Å². The molecule has 1 aliphatic carbocycles. The summed E-state index contributed by atoms with van der Waals surface area (Å²) in [7, 11) is 0. The molecule has 3 heteroatoms. The van der Waals surface area contributed by atoms with E-state index in [0.717, 1.165) is 25.1 Å². The molecule has 0 heterocycles. The van der Waals surface area contributed by atoms with Crippen molar-refractivity contribution in [2.75, 3.05) is 6.54 Å². The van der Waals surface area contributed by atoms with Crippen LogP contribution in [0.2, 0.25) is 0 Å². The van der Waals surface area contributed by atoms with E-state index in [-0.39, 0.29) is 24.1 Å². The standard InChI is InChI=1S/C17H17NO.ClH/c19-17-15(10-14-8-4-5-9-16(14)17)12-18-11-13-6-2-1-3-7-13;/h1-9,15,18H,10-12H2;1H. The summed E-state index contributed by atoms with van der Waals surface area (Å²) in [6.45, 7) is 1.57. The van der Waals surface area contributed by atoms with Gasteiger partial charge in [-0.3, -0.25) is 4.79 Å². The van der Waals surface area contributed by atoms with Crippen molar-refractivity contribution in [2.45, 2.75) is 13.0 Å². The van der Waals surface area contributed by atoms with Crippen LogP contribution in [0.3, 0.4) is 0 Å². The van der Waals surface area contributed by atoms with Crippen LogP contribution in [0, 0.1) is 5.92 Å². The first-order valence-corrected chi connectivity index (χ1v) is 6.71. The highest BCUT2D eigenvalue weighted by atomic mass is 35.5. The van der Waals surface area contributed by atoms with Crippen LogP contribution in [0.5, 0.6) is 0 Å². The van der Waals surface area contributed by atoms with Gasteiger partial charge >= 0.3 is 0 Å². The van der Waals surface area contributed by atoms with E-state index in [1.807, 2.05) is 36.4 Å². The summed E-state index contributed by atoms with van der Waals surface area (Å²) in [6, 6.07) is 18.2. The van der Waals surface area contributed by atoms with Crippen molar-refractivity contribution in [3.05, 3.63) is 71.3 Å². The zero-order valence-corrected chi connectivity index (χ0v) is 12.0. The Morgan fingerprint density at radius 3 is 2.45 bits per heavy atom. The number of rotatable bonds is 4. The Bertz CT molecular complexity index is 583. The molecule has 0 fully saturated rings. The molecule has 1 N–H and O–H groups in total. The van der Waals surface area contributed by atoms with E-state index >= 15 is 0 Å². The molecule has 0 radical (unpaired) electrons. The molecular formula is C17H18ClNO. The molecule has 0 spiro atoms. The molecule has 0 amide bonds. The summed E-state index contributed by atoms with van der Waals surface area (Å²) < 4.78 is 0. The predicted octanol–water partition coefficient (Wildman–Crippen LogP) is 3.25. The molecule has 2 nitrogen and oxygen atoms in total. The zero-order chi connectivity index (χ0) is 13.1. The minimum atomic E-state index is 0. The van der Waals surface area contributed by atoms with Crippen molar-refractivity contribution < 1.29 is 4.79 Å². The fourth-order valence-electron chi connectivity index (χ4n) is 2.67. The predicted molar refractivity (Wildman–Crippen MR) is 83.4 cm³/mol. The van der Waals surface area contributed by atoms with Crippen LogP contribution in [0.15, 0.2) is 54.6 Å². The van der Waals surface area contributed by atoms with Crippen molar-refractivity contribution >= 4 is 18.2 Å². The molecule has 3 rings (SSSR count). The third-order valence-corrected chi connectivity index (χ3v) is 3.68. The Balaban J connectivity index is 0.00000147. The van der Waals surface area contributed by atoms with Gasteiger partial charge in [-0.25, -0.2) is 0 Å². The third kappa shape index (κ3) is 3.09. The number of Topliss-reactive ketones (excluding diaryl/α,β-unsaturated/α-hetero) is 1. The van der Waals surface area contributed by atoms with E-state index in [9.17, 15) is 4.79 Å². The fraction of sp³-hybridized carbons (Fsp3) is 0.235. The number of hydrogen-bond donors (Lipinski definition) is 1. The van der Waals surface area contributed by atoms with Gasteiger partial charge in [-0.1, -0.05) is 54.6 Å². The Morgan fingerprint density at radius 2 is 1.70 bits per heavy atom. The molecule has 0 bridgehead atoms. The molecule has 1 atom stereocenters. The van der Waals surface area contributed by atoms with Gasteiger partial charge < -0.3 is 5.32 Å². The quantitative estimate of drug-likeness (QED) is 0.935. The summed E-state index contributed by atoms with van der Waals surface area (Å²) in [5.41, 5.74) is 3.36. The first-order chi connectivity index (χ1) is 9.34.